The van der Waals surface area contributed by atoms with Gasteiger partial charge in [-0.2, -0.15) is 0 Å². The van der Waals surface area contributed by atoms with Gasteiger partial charge in [0, 0.05) is 0 Å². The molecule has 2 rings (SSSR count). The third kappa shape index (κ3) is 3.17. The second-order valence-electron chi connectivity index (χ2n) is 4.47. The zero-order chi connectivity index (χ0) is 15.6. The van der Waals surface area contributed by atoms with E-state index in [1.54, 1.807) is 6.92 Å². The molecule has 6 heteroatoms. The highest BCUT2D eigenvalue weighted by Crippen LogP contribution is 2.25. The molecule has 0 heterocycles. The standard InChI is InChI=1S/C15H12FNO4/c1-8-2-4-11(16)10(6-8)14(19)17-12-7-9(15(20)21)3-5-13(12)18/h2-7,18H,1H3,(H,17,19)(H,20,21). The number of nitrogens with one attached hydrogen (secondary N) is 1. The highest BCUT2D eigenvalue weighted by Gasteiger charge is 2.15. The number of phenols is 1. The second kappa shape index (κ2) is 5.62. The third-order valence-electron chi connectivity index (χ3n) is 2.86. The van der Waals surface area contributed by atoms with Gasteiger partial charge in [0.1, 0.15) is 11.6 Å². The van der Waals surface area contributed by atoms with Gasteiger partial charge in [-0.25, -0.2) is 9.18 Å². The van der Waals surface area contributed by atoms with Gasteiger partial charge in [-0.05, 0) is 37.3 Å². The highest BCUT2D eigenvalue weighted by molar-refractivity contribution is 6.06. The fourth-order valence-corrected chi connectivity index (χ4v) is 1.77. The number of rotatable bonds is 3. The largest absolute Gasteiger partial charge is 0.506 e. The zero-order valence-electron chi connectivity index (χ0n) is 11.1. The van der Waals surface area contributed by atoms with Crippen LogP contribution in [0.15, 0.2) is 36.4 Å². The smallest absolute Gasteiger partial charge is 0.335 e. The average Bonchev–Trinajstić information content (AvgIpc) is 2.43. The Balaban J connectivity index is 2.33. The van der Waals surface area contributed by atoms with Crippen LogP contribution in [0.1, 0.15) is 26.3 Å². The van der Waals surface area contributed by atoms with Crippen LogP contribution in [0.4, 0.5) is 10.1 Å². The molecule has 0 aliphatic carbocycles. The van der Waals surface area contributed by atoms with Crippen molar-refractivity contribution in [1.29, 1.82) is 0 Å². The molecule has 21 heavy (non-hydrogen) atoms. The number of hydrogen-bond donors (Lipinski definition) is 3. The molecule has 0 bridgehead atoms. The van der Waals surface area contributed by atoms with Crippen molar-refractivity contribution in [2.24, 2.45) is 0 Å². The van der Waals surface area contributed by atoms with E-state index in [4.69, 9.17) is 5.11 Å². The lowest BCUT2D eigenvalue weighted by Gasteiger charge is -2.09. The molecule has 0 saturated carbocycles. The first-order valence-electron chi connectivity index (χ1n) is 6.02. The van der Waals surface area contributed by atoms with E-state index in [2.05, 4.69) is 5.32 Å². The van der Waals surface area contributed by atoms with Crippen LogP contribution in [0.25, 0.3) is 0 Å². The van der Waals surface area contributed by atoms with Gasteiger partial charge in [0.05, 0.1) is 16.8 Å². The summed E-state index contributed by atoms with van der Waals surface area (Å²) in [6.45, 7) is 1.71. The van der Waals surface area contributed by atoms with Crippen molar-refractivity contribution in [3.8, 4) is 5.75 Å². The van der Waals surface area contributed by atoms with E-state index in [-0.39, 0.29) is 22.6 Å². The molecule has 0 unspecified atom stereocenters. The first kappa shape index (κ1) is 14.5. The summed E-state index contributed by atoms with van der Waals surface area (Å²) in [7, 11) is 0. The lowest BCUT2D eigenvalue weighted by Crippen LogP contribution is -2.14. The van der Waals surface area contributed by atoms with Gasteiger partial charge in [-0.15, -0.1) is 0 Å². The van der Waals surface area contributed by atoms with Gasteiger partial charge in [0.15, 0.2) is 0 Å². The maximum absolute atomic E-state index is 13.6. The fraction of sp³-hybridized carbons (Fsp3) is 0.0667. The number of amides is 1. The molecule has 0 spiro atoms. The zero-order valence-corrected chi connectivity index (χ0v) is 11.1. The number of halogens is 1. The Kier molecular flexibility index (Phi) is 3.89. The summed E-state index contributed by atoms with van der Waals surface area (Å²) < 4.78 is 13.6. The van der Waals surface area contributed by atoms with Crippen LogP contribution in [0.2, 0.25) is 0 Å². The molecule has 2 aromatic carbocycles. The van der Waals surface area contributed by atoms with Gasteiger partial charge < -0.3 is 15.5 Å². The van der Waals surface area contributed by atoms with Crippen molar-refractivity contribution < 1.29 is 24.2 Å². The monoisotopic (exact) mass is 289 g/mol. The van der Waals surface area contributed by atoms with Crippen LogP contribution in [0.3, 0.4) is 0 Å². The molecule has 0 aromatic heterocycles. The van der Waals surface area contributed by atoms with Crippen molar-refractivity contribution >= 4 is 17.6 Å². The van der Waals surface area contributed by atoms with Crippen molar-refractivity contribution in [3.63, 3.8) is 0 Å². The van der Waals surface area contributed by atoms with E-state index in [0.717, 1.165) is 18.2 Å². The van der Waals surface area contributed by atoms with Crippen LogP contribution in [0, 0.1) is 12.7 Å². The van der Waals surface area contributed by atoms with E-state index >= 15 is 0 Å². The number of benzene rings is 2. The molecule has 3 N–H and O–H groups in total. The quantitative estimate of drug-likeness (QED) is 0.758. The number of carbonyl (C=O) groups excluding carboxylic acids is 1. The Labute approximate surface area is 119 Å². The predicted molar refractivity (Wildman–Crippen MR) is 74.2 cm³/mol. The Morgan fingerprint density at radius 1 is 1.14 bits per heavy atom. The predicted octanol–water partition coefficient (Wildman–Crippen LogP) is 2.79. The summed E-state index contributed by atoms with van der Waals surface area (Å²) in [6, 6.07) is 7.49. The lowest BCUT2D eigenvalue weighted by atomic mass is 10.1. The maximum Gasteiger partial charge on any atom is 0.335 e. The van der Waals surface area contributed by atoms with Crippen molar-refractivity contribution in [1.82, 2.24) is 0 Å². The normalized spacial score (nSPS) is 10.2. The topological polar surface area (TPSA) is 86.6 Å². The molecule has 2 aromatic rings. The minimum Gasteiger partial charge on any atom is -0.506 e. The minimum absolute atomic E-state index is 0.0965. The Bertz CT molecular complexity index is 728. The molecule has 0 radical (unpaired) electrons. The first-order chi connectivity index (χ1) is 9.88. The van der Waals surface area contributed by atoms with Gasteiger partial charge in [0.25, 0.3) is 5.91 Å². The van der Waals surface area contributed by atoms with E-state index in [0.29, 0.717) is 5.56 Å². The first-order valence-corrected chi connectivity index (χ1v) is 6.02. The number of carbonyl (C=O) groups is 2. The van der Waals surface area contributed by atoms with Crippen LogP contribution in [-0.4, -0.2) is 22.1 Å². The summed E-state index contributed by atoms with van der Waals surface area (Å²) in [5.74, 6) is -2.98. The molecular formula is C15H12FNO4. The number of aromatic hydroxyl groups is 1. The summed E-state index contributed by atoms with van der Waals surface area (Å²) in [4.78, 5) is 22.9. The number of carboxylic acid groups (broad SMARTS) is 1. The van der Waals surface area contributed by atoms with Gasteiger partial charge in [-0.1, -0.05) is 11.6 Å². The molecule has 5 nitrogen and oxygen atoms in total. The summed E-state index contributed by atoms with van der Waals surface area (Å²) in [6.07, 6.45) is 0. The third-order valence-corrected chi connectivity index (χ3v) is 2.86. The lowest BCUT2D eigenvalue weighted by molar-refractivity contribution is 0.0696. The van der Waals surface area contributed by atoms with Crippen molar-refractivity contribution in [2.75, 3.05) is 5.32 Å². The van der Waals surface area contributed by atoms with E-state index in [1.807, 2.05) is 0 Å². The molecule has 0 atom stereocenters. The number of hydrogen-bond acceptors (Lipinski definition) is 3. The summed E-state index contributed by atoms with van der Waals surface area (Å²) in [5, 5.41) is 20.8. The molecule has 0 saturated heterocycles. The molecule has 0 aliphatic heterocycles. The SMILES string of the molecule is Cc1ccc(F)c(C(=O)Nc2cc(C(=O)O)ccc2O)c1. The number of phenolic OH excluding ortho intramolecular Hbond substituents is 1. The van der Waals surface area contributed by atoms with E-state index < -0.39 is 17.7 Å². The average molecular weight is 289 g/mol. The Morgan fingerprint density at radius 2 is 1.86 bits per heavy atom. The van der Waals surface area contributed by atoms with Crippen LogP contribution in [0.5, 0.6) is 5.75 Å². The van der Waals surface area contributed by atoms with Crippen molar-refractivity contribution in [2.45, 2.75) is 6.92 Å². The van der Waals surface area contributed by atoms with E-state index in [1.165, 1.54) is 18.2 Å². The highest BCUT2D eigenvalue weighted by atomic mass is 19.1. The Hall–Kier alpha value is -2.89. The Morgan fingerprint density at radius 3 is 2.52 bits per heavy atom. The molecule has 108 valence electrons. The van der Waals surface area contributed by atoms with Crippen LogP contribution in [-0.2, 0) is 0 Å². The number of aryl methyl sites for hydroxylation is 1. The van der Waals surface area contributed by atoms with E-state index in [9.17, 15) is 19.1 Å². The number of carboxylic acids is 1. The molecule has 0 aliphatic rings. The maximum atomic E-state index is 13.6. The van der Waals surface area contributed by atoms with Gasteiger partial charge in [0.2, 0.25) is 0 Å². The van der Waals surface area contributed by atoms with Gasteiger partial charge in [-0.3, -0.25) is 4.79 Å². The fourth-order valence-electron chi connectivity index (χ4n) is 1.77. The number of aromatic carboxylic acids is 1. The van der Waals surface area contributed by atoms with Crippen LogP contribution >= 0.6 is 0 Å². The number of anilines is 1. The summed E-state index contributed by atoms with van der Waals surface area (Å²) >= 11 is 0. The summed E-state index contributed by atoms with van der Waals surface area (Å²) in [5.41, 5.74) is 0.314. The molecule has 0 fully saturated rings. The van der Waals surface area contributed by atoms with Gasteiger partial charge >= 0.3 is 5.97 Å². The molecular weight excluding hydrogens is 277 g/mol. The minimum atomic E-state index is -1.20. The van der Waals surface area contributed by atoms with Crippen LogP contribution < -0.4 is 5.32 Å². The second-order valence-corrected chi connectivity index (χ2v) is 4.47. The molecule has 1 amide bonds. The van der Waals surface area contributed by atoms with Crippen molar-refractivity contribution in [3.05, 3.63) is 58.9 Å².